The predicted octanol–water partition coefficient (Wildman–Crippen LogP) is 2.54. The molecule has 1 unspecified atom stereocenters. The van der Waals surface area contributed by atoms with Crippen LogP contribution in [0, 0.1) is 11.6 Å². The number of fused-ring (bicyclic) bond motifs is 4. The number of amides is 2. The van der Waals surface area contributed by atoms with Gasteiger partial charge in [-0.2, -0.15) is 0 Å². The molecular weight excluding hydrogens is 470 g/mol. The zero-order valence-corrected chi connectivity index (χ0v) is 19.5. The molecule has 0 spiro atoms. The quantitative estimate of drug-likeness (QED) is 0.570. The molecule has 186 valence electrons. The van der Waals surface area contributed by atoms with Gasteiger partial charge in [-0.3, -0.25) is 19.3 Å². The second kappa shape index (κ2) is 9.54. The lowest BCUT2D eigenvalue weighted by Gasteiger charge is -2.44. The number of benzene rings is 2. The number of pyridine rings is 1. The van der Waals surface area contributed by atoms with Crippen LogP contribution in [0.25, 0.3) is 0 Å². The maximum atomic E-state index is 14.0. The highest BCUT2D eigenvalue weighted by molar-refractivity contribution is 5.99. The van der Waals surface area contributed by atoms with E-state index >= 15 is 0 Å². The molecule has 3 aromatic rings. The minimum absolute atomic E-state index is 0.0345. The van der Waals surface area contributed by atoms with Gasteiger partial charge < -0.3 is 19.5 Å². The monoisotopic (exact) mass is 494 g/mol. The summed E-state index contributed by atoms with van der Waals surface area (Å²) in [5.74, 6) is -2.82. The van der Waals surface area contributed by atoms with Crippen molar-refractivity contribution < 1.29 is 23.1 Å². The largest absolute Gasteiger partial charge is 0.483 e. The zero-order chi connectivity index (χ0) is 25.4. The number of nitrogens with zero attached hydrogens (tertiary/aromatic N) is 3. The van der Waals surface area contributed by atoms with Crippen molar-refractivity contribution in [3.63, 3.8) is 0 Å². The van der Waals surface area contributed by atoms with Gasteiger partial charge >= 0.3 is 0 Å². The van der Waals surface area contributed by atoms with Crippen molar-refractivity contribution in [2.75, 3.05) is 26.8 Å². The molecular formula is C26H24F2N4O4. The molecule has 2 aliphatic heterocycles. The van der Waals surface area contributed by atoms with Crippen LogP contribution in [0.1, 0.15) is 38.0 Å². The number of aromatic nitrogens is 1. The normalized spacial score (nSPS) is 17.0. The van der Waals surface area contributed by atoms with Gasteiger partial charge in [0.25, 0.3) is 11.8 Å². The van der Waals surface area contributed by atoms with Gasteiger partial charge in [-0.25, -0.2) is 8.78 Å². The summed E-state index contributed by atoms with van der Waals surface area (Å²) in [7, 11) is 1.89. The average Bonchev–Trinajstić information content (AvgIpc) is 2.86. The van der Waals surface area contributed by atoms with Crippen molar-refractivity contribution >= 4 is 11.8 Å². The molecule has 0 radical (unpaired) electrons. The number of hydrogen-bond donors (Lipinski definition) is 1. The van der Waals surface area contributed by atoms with E-state index in [2.05, 4.69) is 5.32 Å². The van der Waals surface area contributed by atoms with Crippen molar-refractivity contribution in [1.82, 2.24) is 19.7 Å². The summed E-state index contributed by atoms with van der Waals surface area (Å²) in [5.41, 5.74) is 0.0289. The minimum atomic E-state index is -0.805. The van der Waals surface area contributed by atoms with Crippen LogP contribution in [0.5, 0.6) is 5.75 Å². The smallest absolute Gasteiger partial charge is 0.275 e. The van der Waals surface area contributed by atoms with E-state index in [4.69, 9.17) is 4.74 Å². The molecule has 2 amide bonds. The SMILES string of the molecule is CN1CC2CN(C1)C(=O)c1c(OCc3ccccc3)c(=O)c(C(=O)NCc3ccc(F)cc3F)cn12. The maximum absolute atomic E-state index is 14.0. The highest BCUT2D eigenvalue weighted by atomic mass is 19.1. The highest BCUT2D eigenvalue weighted by Crippen LogP contribution is 2.30. The summed E-state index contributed by atoms with van der Waals surface area (Å²) in [6, 6.07) is 12.0. The first-order chi connectivity index (χ1) is 17.3. The number of carbonyl (C=O) groups is 2. The van der Waals surface area contributed by atoms with Gasteiger partial charge in [0.2, 0.25) is 5.43 Å². The van der Waals surface area contributed by atoms with Crippen molar-refractivity contribution in [2.24, 2.45) is 0 Å². The van der Waals surface area contributed by atoms with Crippen LogP contribution in [0.4, 0.5) is 8.78 Å². The first-order valence-electron chi connectivity index (χ1n) is 11.5. The molecule has 3 heterocycles. The Bertz CT molecular complexity index is 1390. The lowest BCUT2D eigenvalue weighted by Crippen LogP contribution is -2.56. The molecule has 2 aromatic carbocycles. The van der Waals surface area contributed by atoms with Crippen LogP contribution in [-0.2, 0) is 13.2 Å². The molecule has 1 saturated heterocycles. The summed E-state index contributed by atoms with van der Waals surface area (Å²) >= 11 is 0. The Balaban J connectivity index is 1.52. The molecule has 8 nitrogen and oxygen atoms in total. The van der Waals surface area contributed by atoms with Gasteiger partial charge in [-0.15, -0.1) is 0 Å². The van der Waals surface area contributed by atoms with Gasteiger partial charge in [-0.1, -0.05) is 36.4 Å². The topological polar surface area (TPSA) is 83.9 Å². The molecule has 1 fully saturated rings. The minimum Gasteiger partial charge on any atom is -0.483 e. The Hall–Kier alpha value is -4.05. The molecule has 1 aromatic heterocycles. The molecule has 0 saturated carbocycles. The number of carbonyl (C=O) groups excluding carboxylic acids is 2. The van der Waals surface area contributed by atoms with Crippen LogP contribution in [0.2, 0.25) is 0 Å². The van der Waals surface area contributed by atoms with E-state index in [0.29, 0.717) is 19.8 Å². The Morgan fingerprint density at radius 1 is 1.11 bits per heavy atom. The van der Waals surface area contributed by atoms with E-state index < -0.39 is 23.0 Å². The third-order valence-electron chi connectivity index (χ3n) is 6.37. The molecule has 5 rings (SSSR count). The second-order valence-electron chi connectivity index (χ2n) is 9.01. The lowest BCUT2D eigenvalue weighted by atomic mass is 10.1. The summed E-state index contributed by atoms with van der Waals surface area (Å²) in [5, 5.41) is 2.52. The second-order valence-corrected chi connectivity index (χ2v) is 9.01. The Kier molecular flexibility index (Phi) is 6.27. The first kappa shape index (κ1) is 23.7. The predicted molar refractivity (Wildman–Crippen MR) is 127 cm³/mol. The van der Waals surface area contributed by atoms with Gasteiger partial charge in [0, 0.05) is 37.5 Å². The standard InChI is InChI=1S/C26H24F2N4O4/c1-30-11-19-12-31(15-30)26(35)22-24(36-14-16-5-3-2-4-6-16)23(33)20(13-32(19)22)25(34)29-10-17-7-8-18(27)9-21(17)28/h2-9,13,19H,10-12,14-15H2,1H3,(H,29,34). The summed E-state index contributed by atoms with van der Waals surface area (Å²) in [6.07, 6.45) is 1.38. The van der Waals surface area contributed by atoms with Crippen LogP contribution < -0.4 is 15.5 Å². The number of nitrogens with one attached hydrogen (secondary N) is 1. The molecule has 2 aliphatic rings. The van der Waals surface area contributed by atoms with E-state index in [1.54, 1.807) is 9.47 Å². The Morgan fingerprint density at radius 3 is 2.64 bits per heavy atom. The Morgan fingerprint density at radius 2 is 1.89 bits per heavy atom. The maximum Gasteiger partial charge on any atom is 0.275 e. The van der Waals surface area contributed by atoms with E-state index in [-0.39, 0.29) is 47.7 Å². The molecule has 10 heteroatoms. The third-order valence-corrected chi connectivity index (χ3v) is 6.37. The Labute approximate surface area is 205 Å². The van der Waals surface area contributed by atoms with Gasteiger partial charge in [0.05, 0.1) is 12.7 Å². The van der Waals surface area contributed by atoms with Gasteiger partial charge in [0.1, 0.15) is 23.8 Å². The van der Waals surface area contributed by atoms with E-state index in [1.807, 2.05) is 42.3 Å². The number of ether oxygens (including phenoxy) is 1. The summed E-state index contributed by atoms with van der Waals surface area (Å²) in [4.78, 5) is 43.4. The van der Waals surface area contributed by atoms with Crippen molar-refractivity contribution in [3.05, 3.63) is 99.0 Å². The average molecular weight is 494 g/mol. The third kappa shape index (κ3) is 4.47. The van der Waals surface area contributed by atoms with Crippen molar-refractivity contribution in [3.8, 4) is 5.75 Å². The van der Waals surface area contributed by atoms with Crippen LogP contribution in [-0.4, -0.2) is 53.0 Å². The van der Waals surface area contributed by atoms with Crippen LogP contribution in [0.15, 0.2) is 59.5 Å². The van der Waals surface area contributed by atoms with Crippen molar-refractivity contribution in [1.29, 1.82) is 0 Å². The number of hydrogen-bond acceptors (Lipinski definition) is 5. The number of likely N-dealkylation sites (N-methyl/N-ethyl adjacent to an activating group) is 1. The highest BCUT2D eigenvalue weighted by Gasteiger charge is 2.39. The summed E-state index contributed by atoms with van der Waals surface area (Å²) < 4.78 is 34.8. The van der Waals surface area contributed by atoms with Crippen LogP contribution in [0.3, 0.4) is 0 Å². The zero-order valence-electron chi connectivity index (χ0n) is 19.5. The molecule has 0 aliphatic carbocycles. The van der Waals surface area contributed by atoms with E-state index in [0.717, 1.165) is 17.7 Å². The van der Waals surface area contributed by atoms with E-state index in [9.17, 15) is 23.2 Å². The van der Waals surface area contributed by atoms with Crippen LogP contribution >= 0.6 is 0 Å². The van der Waals surface area contributed by atoms with Gasteiger partial charge in [-0.05, 0) is 18.7 Å². The molecule has 1 atom stereocenters. The molecule has 2 bridgehead atoms. The van der Waals surface area contributed by atoms with Gasteiger partial charge in [0.15, 0.2) is 11.4 Å². The summed E-state index contributed by atoms with van der Waals surface area (Å²) in [6.45, 7) is 1.27. The number of halogens is 2. The fourth-order valence-electron chi connectivity index (χ4n) is 4.62. The fraction of sp³-hybridized carbons (Fsp3) is 0.269. The van der Waals surface area contributed by atoms with Crippen molar-refractivity contribution in [2.45, 2.75) is 19.2 Å². The first-order valence-corrected chi connectivity index (χ1v) is 11.5. The lowest BCUT2D eigenvalue weighted by molar-refractivity contribution is 0.0311. The fourth-order valence-corrected chi connectivity index (χ4v) is 4.62. The molecule has 36 heavy (non-hydrogen) atoms. The van der Waals surface area contributed by atoms with E-state index in [1.165, 1.54) is 12.3 Å². The number of rotatable bonds is 6. The molecule has 1 N–H and O–H groups in total.